The third kappa shape index (κ3) is 8.58. The lowest BCUT2D eigenvalue weighted by Gasteiger charge is -2.22. The number of nitrogens with zero attached hydrogens (tertiary/aromatic N) is 4. The van der Waals surface area contributed by atoms with E-state index in [4.69, 9.17) is 4.98 Å². The Hall–Kier alpha value is -4.22. The molecule has 9 nitrogen and oxygen atoms in total. The van der Waals surface area contributed by atoms with Gasteiger partial charge in [-0.3, -0.25) is 14.6 Å². The first-order valence-electron chi connectivity index (χ1n) is 16.0. The smallest absolute Gasteiger partial charge is 0.241 e. The van der Waals surface area contributed by atoms with E-state index in [9.17, 15) is 18.0 Å². The Kier molecular flexibility index (Phi) is 11.5. The molecule has 11 heteroatoms. The predicted octanol–water partition coefficient (Wildman–Crippen LogP) is 6.74. The first kappa shape index (κ1) is 35.6. The van der Waals surface area contributed by atoms with Gasteiger partial charge in [0.25, 0.3) is 0 Å². The topological polar surface area (TPSA) is 114 Å². The van der Waals surface area contributed by atoms with E-state index in [-0.39, 0.29) is 42.5 Å². The van der Waals surface area contributed by atoms with Gasteiger partial charge in [-0.15, -0.1) is 0 Å². The molecule has 2 heterocycles. The van der Waals surface area contributed by atoms with Crippen LogP contribution in [0.4, 0.5) is 10.1 Å². The van der Waals surface area contributed by atoms with Crippen LogP contribution in [0.2, 0.25) is 0 Å². The van der Waals surface area contributed by atoms with E-state index in [0.29, 0.717) is 52.4 Å². The molecule has 1 N–H and O–H groups in total. The molecule has 0 aliphatic rings. The van der Waals surface area contributed by atoms with Crippen LogP contribution in [-0.4, -0.2) is 46.7 Å². The molecule has 0 unspecified atom stereocenters. The van der Waals surface area contributed by atoms with Crippen molar-refractivity contribution in [3.63, 3.8) is 0 Å². The third-order valence-electron chi connectivity index (χ3n) is 7.62. The van der Waals surface area contributed by atoms with Crippen molar-refractivity contribution in [2.24, 2.45) is 0 Å². The van der Waals surface area contributed by atoms with Crippen LogP contribution in [0.25, 0.3) is 11.1 Å². The number of Topliss-reactive ketones (excluding diaryl/α,β-unsaturated/α-hetero) is 1. The number of carbonyl (C=O) groups excluding carboxylic acids is 2. The Morgan fingerprint density at radius 1 is 1.02 bits per heavy atom. The number of amides is 1. The number of anilines is 1. The second kappa shape index (κ2) is 15.1. The van der Waals surface area contributed by atoms with Crippen LogP contribution in [-0.2, 0) is 34.2 Å². The minimum Gasteiger partial charge on any atom is -0.321 e. The highest BCUT2D eigenvalue weighted by atomic mass is 32.2. The molecule has 1 amide bonds. The third-order valence-corrected chi connectivity index (χ3v) is 9.44. The van der Waals surface area contributed by atoms with Crippen molar-refractivity contribution >= 4 is 27.4 Å². The van der Waals surface area contributed by atoms with Gasteiger partial charge in [0.15, 0.2) is 5.78 Å². The highest BCUT2D eigenvalue weighted by molar-refractivity contribution is 7.89. The van der Waals surface area contributed by atoms with Crippen molar-refractivity contribution in [2.75, 3.05) is 11.4 Å². The van der Waals surface area contributed by atoms with Crippen LogP contribution in [0.5, 0.6) is 0 Å². The molecular formula is C36H44FN5O4S. The van der Waals surface area contributed by atoms with Gasteiger partial charge < -0.3 is 9.47 Å². The molecule has 0 aliphatic carbocycles. The number of aryl methyl sites for hydroxylation is 2. The maximum atomic E-state index is 15.9. The molecule has 0 aliphatic heterocycles. The molecule has 2 aromatic carbocycles. The van der Waals surface area contributed by atoms with Crippen LogP contribution >= 0.6 is 0 Å². The number of benzene rings is 2. The number of carbonyl (C=O) groups is 2. The van der Waals surface area contributed by atoms with Gasteiger partial charge in [-0.05, 0) is 63.4 Å². The zero-order valence-electron chi connectivity index (χ0n) is 28.0. The first-order chi connectivity index (χ1) is 22.3. The highest BCUT2D eigenvalue weighted by Gasteiger charge is 2.27. The second-order valence-corrected chi connectivity index (χ2v) is 14.1. The quantitative estimate of drug-likeness (QED) is 0.150. The molecule has 47 heavy (non-hydrogen) atoms. The Labute approximate surface area is 277 Å². The van der Waals surface area contributed by atoms with E-state index in [1.807, 2.05) is 13.8 Å². The number of hydrogen-bond donors (Lipinski definition) is 1. The van der Waals surface area contributed by atoms with E-state index in [1.54, 1.807) is 92.0 Å². The molecule has 0 fully saturated rings. The summed E-state index contributed by atoms with van der Waals surface area (Å²) in [6, 6.07) is 14.7. The zero-order chi connectivity index (χ0) is 34.4. The van der Waals surface area contributed by atoms with Crippen molar-refractivity contribution in [3.05, 3.63) is 95.6 Å². The number of hydrogen-bond acceptors (Lipinski definition) is 6. The van der Waals surface area contributed by atoms with Gasteiger partial charge in [0.05, 0.1) is 29.0 Å². The number of rotatable bonds is 14. The van der Waals surface area contributed by atoms with E-state index < -0.39 is 21.4 Å². The molecule has 0 saturated carbocycles. The molecule has 4 aromatic rings. The predicted molar refractivity (Wildman–Crippen MR) is 182 cm³/mol. The maximum Gasteiger partial charge on any atom is 0.241 e. The van der Waals surface area contributed by atoms with E-state index in [0.717, 1.165) is 6.42 Å². The van der Waals surface area contributed by atoms with Gasteiger partial charge in [-0.2, -0.15) is 0 Å². The zero-order valence-corrected chi connectivity index (χ0v) is 28.8. The van der Waals surface area contributed by atoms with Crippen molar-refractivity contribution < 1.29 is 22.4 Å². The molecule has 0 bridgehead atoms. The Balaban J connectivity index is 1.68. The Morgan fingerprint density at radius 2 is 1.77 bits per heavy atom. The summed E-state index contributed by atoms with van der Waals surface area (Å²) in [4.78, 5) is 37.2. The van der Waals surface area contributed by atoms with Crippen molar-refractivity contribution in [1.29, 1.82) is 0 Å². The van der Waals surface area contributed by atoms with Crippen LogP contribution < -0.4 is 9.62 Å². The largest absolute Gasteiger partial charge is 0.321 e. The highest BCUT2D eigenvalue weighted by Crippen LogP contribution is 2.30. The fourth-order valence-electron chi connectivity index (χ4n) is 5.54. The van der Waals surface area contributed by atoms with Crippen molar-refractivity contribution in [2.45, 2.75) is 90.6 Å². The molecule has 0 saturated heterocycles. The molecule has 4 rings (SSSR count). The normalized spacial score (nSPS) is 11.9. The number of pyridine rings is 1. The number of ketones is 1. The second-order valence-electron chi connectivity index (χ2n) is 12.5. The fraction of sp³-hybridized carbons (Fsp3) is 0.389. The standard InChI is InChI=1S/C36H44FN5O4S/c1-7-13-33-39-30(8-2)35(31(43)19-21-41(34(44)9-3)27-14-12-20-38-23-27)42(33)24-26-18-17-25(22-29(26)37)28-15-10-11-16-32(28)47(45,46)40-36(4,5)6/h10-12,14-18,20,22-23,40H,7-9,13,19,21,24H2,1-6H3. The van der Waals surface area contributed by atoms with Crippen LogP contribution in [0.3, 0.4) is 0 Å². The van der Waals surface area contributed by atoms with Gasteiger partial charge in [0.2, 0.25) is 15.9 Å². The van der Waals surface area contributed by atoms with Gasteiger partial charge in [0.1, 0.15) is 17.3 Å². The fourth-order valence-corrected chi connectivity index (χ4v) is 7.19. The van der Waals surface area contributed by atoms with Gasteiger partial charge in [0, 0.05) is 48.7 Å². The summed E-state index contributed by atoms with van der Waals surface area (Å²) in [5.41, 5.74) is 2.11. The summed E-state index contributed by atoms with van der Waals surface area (Å²) in [6.07, 6.45) is 5.45. The van der Waals surface area contributed by atoms with E-state index in [1.165, 1.54) is 12.1 Å². The van der Waals surface area contributed by atoms with Gasteiger partial charge >= 0.3 is 0 Å². The van der Waals surface area contributed by atoms with Crippen molar-refractivity contribution in [1.82, 2.24) is 19.3 Å². The number of nitrogens with one attached hydrogen (secondary N) is 1. The number of imidazole rings is 1. The Morgan fingerprint density at radius 3 is 2.38 bits per heavy atom. The molecular weight excluding hydrogens is 617 g/mol. The number of aromatic nitrogens is 3. The summed E-state index contributed by atoms with van der Waals surface area (Å²) in [7, 11) is -3.88. The number of sulfonamides is 1. The molecule has 0 atom stereocenters. The molecule has 250 valence electrons. The summed E-state index contributed by atoms with van der Waals surface area (Å²) < 4.78 is 46.8. The van der Waals surface area contributed by atoms with Crippen molar-refractivity contribution in [3.8, 4) is 11.1 Å². The van der Waals surface area contributed by atoms with Crippen LogP contribution in [0.15, 0.2) is 71.9 Å². The molecule has 2 aromatic heterocycles. The monoisotopic (exact) mass is 661 g/mol. The van der Waals surface area contributed by atoms with Crippen LogP contribution in [0, 0.1) is 5.82 Å². The summed E-state index contributed by atoms with van der Waals surface area (Å²) in [5, 5.41) is 0. The lowest BCUT2D eigenvalue weighted by atomic mass is 10.0. The molecule has 0 radical (unpaired) electrons. The first-order valence-corrected chi connectivity index (χ1v) is 17.5. The Bertz CT molecular complexity index is 1830. The van der Waals surface area contributed by atoms with Crippen LogP contribution in [0.1, 0.15) is 88.4 Å². The van der Waals surface area contributed by atoms with Gasteiger partial charge in [-0.1, -0.05) is 51.1 Å². The minimum absolute atomic E-state index is 0.0557. The number of halogens is 1. The molecule has 0 spiro atoms. The average molecular weight is 662 g/mol. The summed E-state index contributed by atoms with van der Waals surface area (Å²) >= 11 is 0. The minimum atomic E-state index is -3.88. The maximum absolute atomic E-state index is 15.9. The van der Waals surface area contributed by atoms with Gasteiger partial charge in [-0.25, -0.2) is 22.5 Å². The SMILES string of the molecule is CCCc1nc(CC)c(C(=O)CCN(C(=O)CC)c2cccnc2)n1Cc1ccc(-c2ccccc2S(=O)(=O)NC(C)(C)C)cc1F. The van der Waals surface area contributed by atoms with E-state index >= 15 is 4.39 Å². The summed E-state index contributed by atoms with van der Waals surface area (Å²) in [6.45, 7) is 11.2. The lowest BCUT2D eigenvalue weighted by Crippen LogP contribution is -2.40. The van der Waals surface area contributed by atoms with E-state index in [2.05, 4.69) is 9.71 Å². The average Bonchev–Trinajstić information content (AvgIpc) is 3.38. The lowest BCUT2D eigenvalue weighted by molar-refractivity contribution is -0.118. The summed E-state index contributed by atoms with van der Waals surface area (Å²) in [5.74, 6) is -0.138.